The zero-order valence-electron chi connectivity index (χ0n) is 11.7. The van der Waals surface area contributed by atoms with Crippen LogP contribution in [-0.4, -0.2) is 16.6 Å². The second kappa shape index (κ2) is 7.49. The molecule has 0 radical (unpaired) electrons. The summed E-state index contributed by atoms with van der Waals surface area (Å²) in [5, 5.41) is 3.46. The molecule has 98 valence electrons. The largest absolute Gasteiger partial charge is 0.334 e. The molecule has 0 spiro atoms. The first-order valence-electron chi connectivity index (χ1n) is 6.96. The van der Waals surface area contributed by atoms with E-state index in [1.807, 2.05) is 13.2 Å². The Balaban J connectivity index is 2.81. The summed E-state index contributed by atoms with van der Waals surface area (Å²) in [7, 11) is 2.05. The average molecular weight is 237 g/mol. The van der Waals surface area contributed by atoms with Gasteiger partial charge in [-0.25, -0.2) is 4.98 Å². The van der Waals surface area contributed by atoms with Crippen LogP contribution in [0.4, 0.5) is 0 Å². The number of hydrogen-bond acceptors (Lipinski definition) is 2. The van der Waals surface area contributed by atoms with Crippen LogP contribution in [0.15, 0.2) is 12.4 Å². The van der Waals surface area contributed by atoms with Crippen LogP contribution >= 0.6 is 0 Å². The fourth-order valence-corrected chi connectivity index (χ4v) is 2.52. The third-order valence-electron chi connectivity index (χ3n) is 3.60. The van der Waals surface area contributed by atoms with Gasteiger partial charge in [0.25, 0.3) is 0 Å². The number of nitrogens with one attached hydrogen (secondary N) is 1. The lowest BCUT2D eigenvalue weighted by Gasteiger charge is -2.26. The highest BCUT2D eigenvalue weighted by Crippen LogP contribution is 2.27. The van der Waals surface area contributed by atoms with Crippen molar-refractivity contribution in [2.75, 3.05) is 7.05 Å². The van der Waals surface area contributed by atoms with E-state index in [-0.39, 0.29) is 0 Å². The molecule has 3 nitrogen and oxygen atoms in total. The minimum absolute atomic E-state index is 0.390. The predicted octanol–water partition coefficient (Wildman–Crippen LogP) is 3.38. The van der Waals surface area contributed by atoms with Crippen LogP contribution in [0.3, 0.4) is 0 Å². The second-order valence-electron chi connectivity index (χ2n) is 4.65. The highest BCUT2D eigenvalue weighted by atomic mass is 15.1. The Morgan fingerprint density at radius 3 is 2.65 bits per heavy atom. The van der Waals surface area contributed by atoms with Crippen molar-refractivity contribution in [3.05, 3.63) is 18.2 Å². The summed E-state index contributed by atoms with van der Waals surface area (Å²) < 4.78 is 2.25. The monoisotopic (exact) mass is 237 g/mol. The molecule has 0 aliphatic carbocycles. The Morgan fingerprint density at radius 1 is 1.35 bits per heavy atom. The van der Waals surface area contributed by atoms with Gasteiger partial charge in [-0.15, -0.1) is 0 Å². The molecule has 1 aromatic rings. The zero-order valence-corrected chi connectivity index (χ0v) is 11.7. The fraction of sp³-hybridized carbons (Fsp3) is 0.786. The van der Waals surface area contributed by atoms with Crippen LogP contribution in [-0.2, 0) is 6.54 Å². The summed E-state index contributed by atoms with van der Waals surface area (Å²) in [5.41, 5.74) is 0. The maximum Gasteiger partial charge on any atom is 0.126 e. The smallest absolute Gasteiger partial charge is 0.126 e. The number of nitrogens with zero attached hydrogens (tertiary/aromatic N) is 2. The molecule has 0 saturated carbocycles. The van der Waals surface area contributed by atoms with E-state index in [4.69, 9.17) is 0 Å². The van der Waals surface area contributed by atoms with Crippen molar-refractivity contribution < 1.29 is 0 Å². The summed E-state index contributed by atoms with van der Waals surface area (Å²) in [6, 6.07) is 0.390. The third-order valence-corrected chi connectivity index (χ3v) is 3.60. The van der Waals surface area contributed by atoms with Crippen LogP contribution in [0.5, 0.6) is 0 Å². The van der Waals surface area contributed by atoms with E-state index in [0.717, 1.165) is 6.54 Å². The molecule has 0 bridgehead atoms. The maximum absolute atomic E-state index is 4.54. The van der Waals surface area contributed by atoms with Crippen molar-refractivity contribution >= 4 is 0 Å². The summed E-state index contributed by atoms with van der Waals surface area (Å²) in [4.78, 5) is 4.54. The Morgan fingerprint density at radius 2 is 2.12 bits per heavy atom. The zero-order chi connectivity index (χ0) is 12.7. The summed E-state index contributed by atoms with van der Waals surface area (Å²) >= 11 is 0. The number of unbranched alkanes of at least 4 members (excludes halogenated alkanes) is 1. The van der Waals surface area contributed by atoms with E-state index < -0.39 is 0 Å². The molecular weight excluding hydrogens is 210 g/mol. The van der Waals surface area contributed by atoms with E-state index in [2.05, 4.69) is 41.8 Å². The van der Waals surface area contributed by atoms with Crippen molar-refractivity contribution in [3.63, 3.8) is 0 Å². The molecule has 1 rings (SSSR count). The van der Waals surface area contributed by atoms with E-state index >= 15 is 0 Å². The predicted molar refractivity (Wildman–Crippen MR) is 73.0 cm³/mol. The molecule has 0 fully saturated rings. The second-order valence-corrected chi connectivity index (χ2v) is 4.65. The Hall–Kier alpha value is -0.830. The number of aryl methyl sites for hydroxylation is 1. The molecule has 1 heterocycles. The number of imidazole rings is 1. The molecule has 2 unspecified atom stereocenters. The molecule has 0 aliphatic rings. The van der Waals surface area contributed by atoms with Crippen LogP contribution in [0.25, 0.3) is 0 Å². The molecule has 3 heteroatoms. The van der Waals surface area contributed by atoms with Gasteiger partial charge in [0.05, 0.1) is 6.04 Å². The van der Waals surface area contributed by atoms with Crippen molar-refractivity contribution in [3.8, 4) is 0 Å². The van der Waals surface area contributed by atoms with Crippen molar-refractivity contribution in [1.29, 1.82) is 0 Å². The summed E-state index contributed by atoms with van der Waals surface area (Å²) in [5.74, 6) is 1.88. The van der Waals surface area contributed by atoms with Gasteiger partial charge in [-0.3, -0.25) is 0 Å². The quantitative estimate of drug-likeness (QED) is 0.751. The standard InChI is InChI=1S/C14H27N3/c1-5-8-9-12(6-2)13(15-4)14-16-10-11-17(14)7-3/h10-13,15H,5-9H2,1-4H3. The Kier molecular flexibility index (Phi) is 6.27. The molecular formula is C14H27N3. The van der Waals surface area contributed by atoms with Crippen LogP contribution in [0.2, 0.25) is 0 Å². The van der Waals surface area contributed by atoms with Gasteiger partial charge in [0, 0.05) is 18.9 Å². The minimum atomic E-state index is 0.390. The fourth-order valence-electron chi connectivity index (χ4n) is 2.52. The van der Waals surface area contributed by atoms with Gasteiger partial charge in [-0.05, 0) is 26.3 Å². The number of rotatable bonds is 8. The lowest BCUT2D eigenvalue weighted by Crippen LogP contribution is -2.28. The average Bonchev–Trinajstić information content (AvgIpc) is 2.82. The highest BCUT2D eigenvalue weighted by Gasteiger charge is 2.23. The van der Waals surface area contributed by atoms with Gasteiger partial charge in [0.15, 0.2) is 0 Å². The van der Waals surface area contributed by atoms with Crippen molar-refractivity contribution in [2.45, 2.75) is 59.0 Å². The molecule has 17 heavy (non-hydrogen) atoms. The molecule has 1 N–H and O–H groups in total. The van der Waals surface area contributed by atoms with Crippen LogP contribution in [0, 0.1) is 5.92 Å². The molecule has 0 amide bonds. The van der Waals surface area contributed by atoms with Gasteiger partial charge in [-0.2, -0.15) is 0 Å². The molecule has 0 saturated heterocycles. The Bertz CT molecular complexity index is 306. The summed E-state index contributed by atoms with van der Waals surface area (Å²) in [6.07, 6.45) is 9.07. The number of hydrogen-bond donors (Lipinski definition) is 1. The molecule has 0 aromatic carbocycles. The van der Waals surface area contributed by atoms with Gasteiger partial charge >= 0.3 is 0 Å². The summed E-state index contributed by atoms with van der Waals surface area (Å²) in [6.45, 7) is 7.71. The molecule has 1 aromatic heterocycles. The maximum atomic E-state index is 4.54. The molecule has 2 atom stereocenters. The molecule has 0 aliphatic heterocycles. The van der Waals surface area contributed by atoms with E-state index in [9.17, 15) is 0 Å². The van der Waals surface area contributed by atoms with Gasteiger partial charge in [-0.1, -0.05) is 33.1 Å². The van der Waals surface area contributed by atoms with E-state index in [0.29, 0.717) is 12.0 Å². The van der Waals surface area contributed by atoms with Gasteiger partial charge in [0.1, 0.15) is 5.82 Å². The van der Waals surface area contributed by atoms with Crippen LogP contribution in [0.1, 0.15) is 58.3 Å². The normalized spacial score (nSPS) is 14.8. The van der Waals surface area contributed by atoms with Crippen molar-refractivity contribution in [1.82, 2.24) is 14.9 Å². The first-order valence-corrected chi connectivity index (χ1v) is 6.96. The topological polar surface area (TPSA) is 29.9 Å². The first-order chi connectivity index (χ1) is 8.28. The third kappa shape index (κ3) is 3.56. The van der Waals surface area contributed by atoms with Crippen molar-refractivity contribution in [2.24, 2.45) is 5.92 Å². The lowest BCUT2D eigenvalue weighted by molar-refractivity contribution is 0.320. The Labute approximate surface area is 106 Å². The van der Waals surface area contributed by atoms with E-state index in [1.165, 1.54) is 31.5 Å². The van der Waals surface area contributed by atoms with Gasteiger partial charge in [0.2, 0.25) is 0 Å². The highest BCUT2D eigenvalue weighted by molar-refractivity contribution is 5.01. The van der Waals surface area contributed by atoms with Crippen LogP contribution < -0.4 is 5.32 Å². The minimum Gasteiger partial charge on any atom is -0.334 e. The first kappa shape index (κ1) is 14.2. The number of aromatic nitrogens is 2. The van der Waals surface area contributed by atoms with Gasteiger partial charge < -0.3 is 9.88 Å². The van der Waals surface area contributed by atoms with E-state index in [1.54, 1.807) is 0 Å². The lowest BCUT2D eigenvalue weighted by atomic mass is 9.91. The SMILES string of the molecule is CCCCC(CC)C(NC)c1nccn1CC.